The minimum atomic E-state index is -0.163. The van der Waals surface area contributed by atoms with Gasteiger partial charge in [0.15, 0.2) is 11.5 Å². The van der Waals surface area contributed by atoms with Crippen LogP contribution in [0.15, 0.2) is 18.2 Å². The smallest absolute Gasteiger partial charge is 0.163 e. The molecule has 1 N–H and O–H groups in total. The molecule has 1 unspecified atom stereocenters. The second-order valence-corrected chi connectivity index (χ2v) is 7.10. The molecule has 5 heteroatoms. The molecule has 5 nitrogen and oxygen atoms in total. The Labute approximate surface area is 150 Å². The zero-order valence-corrected chi connectivity index (χ0v) is 15.4. The number of likely N-dealkylation sites (tertiary alicyclic amines) is 1. The highest BCUT2D eigenvalue weighted by molar-refractivity contribution is 5.46. The minimum absolute atomic E-state index is 0.163. The maximum Gasteiger partial charge on any atom is 0.163 e. The Bertz CT molecular complexity index is 550. The molecule has 1 aromatic carbocycles. The fourth-order valence-electron chi connectivity index (χ4n) is 4.23. The van der Waals surface area contributed by atoms with Gasteiger partial charge in [-0.15, -0.1) is 0 Å². The van der Waals surface area contributed by atoms with Crippen LogP contribution in [0.2, 0.25) is 0 Å². The number of methoxy groups -OCH3 is 2. The molecule has 140 valence electrons. The first-order valence-electron chi connectivity index (χ1n) is 9.46. The number of para-hydroxylation sites is 1. The maximum atomic E-state index is 9.84. The number of β-amino-alcohol motifs (C(OH)–C–C–N with tert-alkyl or cyclic N) is 1. The van der Waals surface area contributed by atoms with Gasteiger partial charge in [-0.2, -0.15) is 0 Å². The summed E-state index contributed by atoms with van der Waals surface area (Å²) in [6.07, 6.45) is 6.61. The summed E-state index contributed by atoms with van der Waals surface area (Å²) in [6.45, 7) is 2.48. The van der Waals surface area contributed by atoms with Crippen LogP contribution >= 0.6 is 0 Å². The standard InChI is InChI=1S/C20H31NO4/c1-23-19-9-5-6-15(20(19)24-2)11-13-25-18-8-4-3-7-17(18)21-12-10-16(22)14-21/h5-6,9,16-18,22H,3-4,7-8,10-14H2,1-2H3/t16?,17-,18-/m1/s1. The quantitative estimate of drug-likeness (QED) is 0.820. The Morgan fingerprint density at radius 2 is 1.96 bits per heavy atom. The number of ether oxygens (including phenoxy) is 3. The molecular weight excluding hydrogens is 318 g/mol. The van der Waals surface area contributed by atoms with Crippen LogP contribution in [0.25, 0.3) is 0 Å². The second kappa shape index (κ2) is 8.88. The molecule has 0 spiro atoms. The fraction of sp³-hybridized carbons (Fsp3) is 0.700. The molecule has 3 atom stereocenters. The van der Waals surface area contributed by atoms with Gasteiger partial charge in [-0.25, -0.2) is 0 Å². The highest BCUT2D eigenvalue weighted by atomic mass is 16.5. The van der Waals surface area contributed by atoms with Crippen LogP contribution in [0.1, 0.15) is 37.7 Å². The molecule has 2 aliphatic rings. The summed E-state index contributed by atoms with van der Waals surface area (Å²) in [5, 5.41) is 9.84. The lowest BCUT2D eigenvalue weighted by Crippen LogP contribution is -2.46. The van der Waals surface area contributed by atoms with Crippen LogP contribution in [-0.4, -0.2) is 62.2 Å². The topological polar surface area (TPSA) is 51.2 Å². The number of hydrogen-bond donors (Lipinski definition) is 1. The molecule has 2 fully saturated rings. The van der Waals surface area contributed by atoms with E-state index in [1.54, 1.807) is 14.2 Å². The van der Waals surface area contributed by atoms with Gasteiger partial charge >= 0.3 is 0 Å². The predicted octanol–water partition coefficient (Wildman–Crippen LogP) is 2.64. The van der Waals surface area contributed by atoms with Crippen LogP contribution in [0.5, 0.6) is 11.5 Å². The second-order valence-electron chi connectivity index (χ2n) is 7.10. The first-order valence-corrected chi connectivity index (χ1v) is 9.46. The molecule has 0 aromatic heterocycles. The van der Waals surface area contributed by atoms with Crippen molar-refractivity contribution in [1.82, 2.24) is 4.90 Å². The van der Waals surface area contributed by atoms with Gasteiger partial charge in [-0.1, -0.05) is 25.0 Å². The lowest BCUT2D eigenvalue weighted by molar-refractivity contribution is -0.0316. The molecule has 1 aliphatic carbocycles. The van der Waals surface area contributed by atoms with Gasteiger partial charge in [0.05, 0.1) is 33.0 Å². The van der Waals surface area contributed by atoms with Crippen LogP contribution in [0.3, 0.4) is 0 Å². The molecule has 0 radical (unpaired) electrons. The molecule has 0 bridgehead atoms. The number of hydrogen-bond acceptors (Lipinski definition) is 5. The molecule has 3 rings (SSSR count). The van der Waals surface area contributed by atoms with E-state index in [2.05, 4.69) is 11.0 Å². The normalized spacial score (nSPS) is 27.4. The first kappa shape index (κ1) is 18.5. The van der Waals surface area contributed by atoms with Crippen molar-refractivity contribution in [3.8, 4) is 11.5 Å². The van der Waals surface area contributed by atoms with Crippen molar-refractivity contribution in [1.29, 1.82) is 0 Å². The van der Waals surface area contributed by atoms with Crippen LogP contribution in [0.4, 0.5) is 0 Å². The summed E-state index contributed by atoms with van der Waals surface area (Å²) in [5.74, 6) is 1.57. The van der Waals surface area contributed by atoms with Crippen molar-refractivity contribution in [3.63, 3.8) is 0 Å². The Kier molecular flexibility index (Phi) is 6.57. The predicted molar refractivity (Wildman–Crippen MR) is 97.4 cm³/mol. The Balaban J connectivity index is 1.57. The molecule has 1 aromatic rings. The van der Waals surface area contributed by atoms with E-state index >= 15 is 0 Å². The number of aliphatic hydroxyl groups excluding tert-OH is 1. The highest BCUT2D eigenvalue weighted by Gasteiger charge is 2.34. The van der Waals surface area contributed by atoms with Gasteiger partial charge in [0.1, 0.15) is 0 Å². The Morgan fingerprint density at radius 1 is 1.12 bits per heavy atom. The Morgan fingerprint density at radius 3 is 2.68 bits per heavy atom. The molecule has 1 saturated carbocycles. The summed E-state index contributed by atoms with van der Waals surface area (Å²) < 4.78 is 17.2. The minimum Gasteiger partial charge on any atom is -0.493 e. The average Bonchev–Trinajstić information content (AvgIpc) is 3.08. The summed E-state index contributed by atoms with van der Waals surface area (Å²) in [4.78, 5) is 2.43. The summed E-state index contributed by atoms with van der Waals surface area (Å²) >= 11 is 0. The molecule has 1 saturated heterocycles. The number of rotatable bonds is 7. The zero-order chi connectivity index (χ0) is 17.6. The molecular formula is C20H31NO4. The van der Waals surface area contributed by atoms with E-state index in [0.29, 0.717) is 12.6 Å². The number of nitrogens with zero attached hydrogens (tertiary/aromatic N) is 1. The van der Waals surface area contributed by atoms with Gasteiger partial charge < -0.3 is 19.3 Å². The van der Waals surface area contributed by atoms with Crippen molar-refractivity contribution in [2.45, 2.75) is 56.8 Å². The van der Waals surface area contributed by atoms with E-state index in [0.717, 1.165) is 49.4 Å². The first-order chi connectivity index (χ1) is 12.2. The third kappa shape index (κ3) is 4.46. The third-order valence-electron chi connectivity index (χ3n) is 5.52. The van der Waals surface area contributed by atoms with E-state index in [4.69, 9.17) is 14.2 Å². The van der Waals surface area contributed by atoms with Crippen molar-refractivity contribution < 1.29 is 19.3 Å². The largest absolute Gasteiger partial charge is 0.493 e. The van der Waals surface area contributed by atoms with Crippen molar-refractivity contribution in [2.75, 3.05) is 33.9 Å². The van der Waals surface area contributed by atoms with Gasteiger partial charge in [0.25, 0.3) is 0 Å². The van der Waals surface area contributed by atoms with Crippen molar-refractivity contribution in [2.24, 2.45) is 0 Å². The van der Waals surface area contributed by atoms with Gasteiger partial charge in [-0.05, 0) is 31.7 Å². The van der Waals surface area contributed by atoms with E-state index in [1.807, 2.05) is 12.1 Å². The molecule has 0 amide bonds. The summed E-state index contributed by atoms with van der Waals surface area (Å²) in [5.41, 5.74) is 1.12. The van der Waals surface area contributed by atoms with Crippen LogP contribution in [-0.2, 0) is 11.2 Å². The third-order valence-corrected chi connectivity index (χ3v) is 5.52. The highest BCUT2D eigenvalue weighted by Crippen LogP contribution is 2.32. The van der Waals surface area contributed by atoms with Gasteiger partial charge in [0.2, 0.25) is 0 Å². The van der Waals surface area contributed by atoms with Gasteiger partial charge in [-0.3, -0.25) is 4.90 Å². The lowest BCUT2D eigenvalue weighted by Gasteiger charge is -2.37. The van der Waals surface area contributed by atoms with Crippen LogP contribution < -0.4 is 9.47 Å². The molecule has 25 heavy (non-hydrogen) atoms. The molecule has 1 heterocycles. The van der Waals surface area contributed by atoms with Crippen molar-refractivity contribution in [3.05, 3.63) is 23.8 Å². The lowest BCUT2D eigenvalue weighted by atomic mass is 9.91. The van der Waals surface area contributed by atoms with Crippen molar-refractivity contribution >= 4 is 0 Å². The fourth-order valence-corrected chi connectivity index (χ4v) is 4.23. The maximum absolute atomic E-state index is 9.84. The van der Waals surface area contributed by atoms with E-state index in [-0.39, 0.29) is 12.2 Å². The van der Waals surface area contributed by atoms with Gasteiger partial charge in [0, 0.05) is 24.7 Å². The summed E-state index contributed by atoms with van der Waals surface area (Å²) in [6, 6.07) is 6.43. The van der Waals surface area contributed by atoms with Crippen LogP contribution in [0, 0.1) is 0 Å². The van der Waals surface area contributed by atoms with E-state index < -0.39 is 0 Å². The molecule has 1 aliphatic heterocycles. The summed E-state index contributed by atoms with van der Waals surface area (Å²) in [7, 11) is 3.34. The SMILES string of the molecule is COc1cccc(CCO[C@@H]2CCCC[C@H]2N2CCC(O)C2)c1OC. The number of aliphatic hydroxyl groups is 1. The van der Waals surface area contributed by atoms with E-state index in [9.17, 15) is 5.11 Å². The van der Waals surface area contributed by atoms with E-state index in [1.165, 1.54) is 19.3 Å². The average molecular weight is 349 g/mol. The Hall–Kier alpha value is -1.30. The zero-order valence-electron chi connectivity index (χ0n) is 15.4. The number of benzene rings is 1. The monoisotopic (exact) mass is 349 g/mol.